The number of likely N-dealkylation sites (tertiary alicyclic amines) is 1. The molecule has 2 aromatic rings. The molecule has 2 aromatic heterocycles. The van der Waals surface area contributed by atoms with Crippen LogP contribution in [0.25, 0.3) is 0 Å². The number of hydrogen-bond acceptors (Lipinski definition) is 6. The van der Waals surface area contributed by atoms with E-state index in [2.05, 4.69) is 19.9 Å². The van der Waals surface area contributed by atoms with Crippen LogP contribution in [0.1, 0.15) is 12.0 Å². The zero-order valence-corrected chi connectivity index (χ0v) is 15.1. The summed E-state index contributed by atoms with van der Waals surface area (Å²) in [6.45, 7) is 3.69. The Labute approximate surface area is 157 Å². The summed E-state index contributed by atoms with van der Waals surface area (Å²) in [5.74, 6) is 0.568. The van der Waals surface area contributed by atoms with Crippen LogP contribution in [0.4, 0.5) is 5.95 Å². The maximum absolute atomic E-state index is 12.9. The number of pyridine rings is 1. The van der Waals surface area contributed by atoms with Gasteiger partial charge in [0.15, 0.2) is 0 Å². The van der Waals surface area contributed by atoms with Crippen LogP contribution in [0.3, 0.4) is 0 Å². The van der Waals surface area contributed by atoms with Crippen LogP contribution in [0, 0.1) is 5.92 Å². The van der Waals surface area contributed by atoms with Gasteiger partial charge in [0.2, 0.25) is 17.8 Å². The average Bonchev–Trinajstić information content (AvgIpc) is 3.09. The number of hydrogen-bond donors (Lipinski definition) is 0. The summed E-state index contributed by atoms with van der Waals surface area (Å²) in [4.78, 5) is 43.4. The fourth-order valence-electron chi connectivity index (χ4n) is 3.64. The van der Waals surface area contributed by atoms with Crippen LogP contribution in [0.2, 0.25) is 0 Å². The summed E-state index contributed by atoms with van der Waals surface area (Å²) in [6, 6.07) is 5.58. The highest BCUT2D eigenvalue weighted by Gasteiger charge is 2.37. The van der Waals surface area contributed by atoms with Crippen molar-refractivity contribution in [3.8, 4) is 0 Å². The predicted octanol–water partition coefficient (Wildman–Crippen LogP) is 0.569. The third-order valence-electron chi connectivity index (χ3n) is 5.11. The lowest BCUT2D eigenvalue weighted by atomic mass is 10.1. The van der Waals surface area contributed by atoms with Gasteiger partial charge in [0.25, 0.3) is 0 Å². The van der Waals surface area contributed by atoms with E-state index in [-0.39, 0.29) is 17.7 Å². The second-order valence-corrected chi connectivity index (χ2v) is 6.89. The lowest BCUT2D eigenvalue weighted by molar-refractivity contribution is -0.136. The Morgan fingerprint density at radius 3 is 2.44 bits per heavy atom. The van der Waals surface area contributed by atoms with Gasteiger partial charge >= 0.3 is 0 Å². The molecule has 8 nitrogen and oxygen atoms in total. The molecular weight excluding hydrogens is 344 g/mol. The summed E-state index contributed by atoms with van der Waals surface area (Å²) in [7, 11) is 0. The van der Waals surface area contributed by atoms with E-state index in [1.54, 1.807) is 35.8 Å². The lowest BCUT2D eigenvalue weighted by Crippen LogP contribution is -2.51. The Bertz CT molecular complexity index is 792. The molecular formula is C19H22N6O2. The van der Waals surface area contributed by atoms with E-state index in [4.69, 9.17) is 0 Å². The van der Waals surface area contributed by atoms with E-state index in [1.807, 2.05) is 17.0 Å². The zero-order chi connectivity index (χ0) is 18.6. The molecule has 0 spiro atoms. The molecule has 2 saturated heterocycles. The number of nitrogens with zero attached hydrogens (tertiary/aromatic N) is 6. The third-order valence-corrected chi connectivity index (χ3v) is 5.11. The molecule has 2 aliphatic rings. The van der Waals surface area contributed by atoms with Crippen LogP contribution >= 0.6 is 0 Å². The molecule has 27 heavy (non-hydrogen) atoms. The van der Waals surface area contributed by atoms with E-state index in [9.17, 15) is 9.59 Å². The van der Waals surface area contributed by atoms with Crippen molar-refractivity contribution < 1.29 is 9.59 Å². The molecule has 140 valence electrons. The number of piperazine rings is 1. The van der Waals surface area contributed by atoms with Gasteiger partial charge in [-0.2, -0.15) is 0 Å². The maximum atomic E-state index is 12.9. The minimum absolute atomic E-state index is 0.0430. The maximum Gasteiger partial charge on any atom is 0.228 e. The van der Waals surface area contributed by atoms with Gasteiger partial charge in [0, 0.05) is 70.5 Å². The first-order valence-electron chi connectivity index (χ1n) is 9.18. The highest BCUT2D eigenvalue weighted by Crippen LogP contribution is 2.23. The average molecular weight is 366 g/mol. The van der Waals surface area contributed by atoms with E-state index in [1.165, 1.54) is 0 Å². The number of carbonyl (C=O) groups excluding carboxylic acids is 2. The summed E-state index contributed by atoms with van der Waals surface area (Å²) in [6.07, 6.45) is 7.18. The topological polar surface area (TPSA) is 82.5 Å². The fraction of sp³-hybridized carbons (Fsp3) is 0.421. The Hall–Kier alpha value is -3.03. The number of carbonyl (C=O) groups is 2. The molecule has 8 heteroatoms. The standard InChI is InChI=1S/C19H22N6O2/c26-17-12-16(14-25(17)13-15-2-6-20-7-3-15)18(27)23-8-10-24(11-9-23)19-21-4-1-5-22-19/h1-7,16H,8-14H2. The van der Waals surface area contributed by atoms with Gasteiger partial charge in [0.1, 0.15) is 0 Å². The number of amides is 2. The van der Waals surface area contributed by atoms with E-state index in [0.717, 1.165) is 5.56 Å². The SMILES string of the molecule is O=C1CC(C(=O)N2CCN(c3ncccn3)CC2)CN1Cc1ccncc1. The Morgan fingerprint density at radius 1 is 1.04 bits per heavy atom. The molecule has 0 saturated carbocycles. The number of aromatic nitrogens is 3. The van der Waals surface area contributed by atoms with Gasteiger partial charge in [-0.3, -0.25) is 14.6 Å². The molecule has 1 unspecified atom stereocenters. The van der Waals surface area contributed by atoms with Crippen LogP contribution in [0.15, 0.2) is 43.0 Å². The summed E-state index contributed by atoms with van der Waals surface area (Å²) in [5, 5.41) is 0. The van der Waals surface area contributed by atoms with Gasteiger partial charge < -0.3 is 14.7 Å². The molecule has 2 aliphatic heterocycles. The highest BCUT2D eigenvalue weighted by molar-refractivity contribution is 5.89. The van der Waals surface area contributed by atoms with Crippen molar-refractivity contribution in [2.24, 2.45) is 5.92 Å². The fourth-order valence-corrected chi connectivity index (χ4v) is 3.64. The predicted molar refractivity (Wildman–Crippen MR) is 98.6 cm³/mol. The van der Waals surface area contributed by atoms with Crippen molar-refractivity contribution in [2.45, 2.75) is 13.0 Å². The van der Waals surface area contributed by atoms with Crippen molar-refractivity contribution in [1.29, 1.82) is 0 Å². The van der Waals surface area contributed by atoms with Gasteiger partial charge in [-0.1, -0.05) is 0 Å². The summed E-state index contributed by atoms with van der Waals surface area (Å²) >= 11 is 0. The van der Waals surface area contributed by atoms with Gasteiger partial charge in [-0.15, -0.1) is 0 Å². The Morgan fingerprint density at radius 2 is 1.74 bits per heavy atom. The molecule has 0 radical (unpaired) electrons. The van der Waals surface area contributed by atoms with Gasteiger partial charge in [0.05, 0.1) is 5.92 Å². The number of rotatable bonds is 4. The molecule has 0 aromatic carbocycles. The molecule has 2 fully saturated rings. The largest absolute Gasteiger partial charge is 0.339 e. The molecule has 0 bridgehead atoms. The molecule has 2 amide bonds. The quantitative estimate of drug-likeness (QED) is 0.787. The highest BCUT2D eigenvalue weighted by atomic mass is 16.2. The molecule has 0 N–H and O–H groups in total. The van der Waals surface area contributed by atoms with Crippen LogP contribution < -0.4 is 4.90 Å². The molecule has 4 rings (SSSR count). The Kier molecular flexibility index (Phi) is 4.95. The van der Waals surface area contributed by atoms with Gasteiger partial charge in [-0.05, 0) is 23.8 Å². The smallest absolute Gasteiger partial charge is 0.228 e. The van der Waals surface area contributed by atoms with E-state index in [0.29, 0.717) is 51.6 Å². The second-order valence-electron chi connectivity index (χ2n) is 6.89. The van der Waals surface area contributed by atoms with Crippen molar-refractivity contribution in [2.75, 3.05) is 37.6 Å². The van der Waals surface area contributed by atoms with Crippen LogP contribution in [0.5, 0.6) is 0 Å². The first-order valence-corrected chi connectivity index (χ1v) is 9.18. The summed E-state index contributed by atoms with van der Waals surface area (Å²) in [5.41, 5.74) is 1.03. The lowest BCUT2D eigenvalue weighted by Gasteiger charge is -2.35. The molecule has 0 aliphatic carbocycles. The van der Waals surface area contributed by atoms with Crippen molar-refractivity contribution >= 4 is 17.8 Å². The van der Waals surface area contributed by atoms with E-state index >= 15 is 0 Å². The normalized spacial score (nSPS) is 20.2. The number of anilines is 1. The van der Waals surface area contributed by atoms with Crippen molar-refractivity contribution in [3.05, 3.63) is 48.5 Å². The van der Waals surface area contributed by atoms with Gasteiger partial charge in [-0.25, -0.2) is 9.97 Å². The van der Waals surface area contributed by atoms with E-state index < -0.39 is 0 Å². The Balaban J connectivity index is 1.32. The van der Waals surface area contributed by atoms with Crippen molar-refractivity contribution in [3.63, 3.8) is 0 Å². The first-order chi connectivity index (χ1) is 13.2. The van der Waals surface area contributed by atoms with Crippen molar-refractivity contribution in [1.82, 2.24) is 24.8 Å². The molecule has 4 heterocycles. The zero-order valence-electron chi connectivity index (χ0n) is 15.1. The van der Waals surface area contributed by atoms with Crippen LogP contribution in [-0.2, 0) is 16.1 Å². The monoisotopic (exact) mass is 366 g/mol. The second kappa shape index (κ2) is 7.69. The molecule has 1 atom stereocenters. The van der Waals surface area contributed by atoms with Crippen LogP contribution in [-0.4, -0.2) is 69.3 Å². The summed E-state index contributed by atoms with van der Waals surface area (Å²) < 4.78 is 0. The third kappa shape index (κ3) is 3.89. The minimum Gasteiger partial charge on any atom is -0.339 e. The first kappa shape index (κ1) is 17.4. The minimum atomic E-state index is -0.251.